The highest BCUT2D eigenvalue weighted by Crippen LogP contribution is 2.21. The van der Waals surface area contributed by atoms with Crippen LogP contribution in [0.1, 0.15) is 25.3 Å². The van der Waals surface area contributed by atoms with Crippen molar-refractivity contribution in [3.05, 3.63) is 29.8 Å². The minimum Gasteiger partial charge on any atom is -0.395 e. The fourth-order valence-corrected chi connectivity index (χ4v) is 5.00. The highest BCUT2D eigenvalue weighted by atomic mass is 32.2. The molecule has 2 unspecified atom stereocenters. The number of hydrogen-bond acceptors (Lipinski definition) is 6. The number of nitrogens with zero attached hydrogens (tertiary/aromatic N) is 3. The van der Waals surface area contributed by atoms with Gasteiger partial charge in [-0.25, -0.2) is 8.42 Å². The summed E-state index contributed by atoms with van der Waals surface area (Å²) in [7, 11) is -3.27. The van der Waals surface area contributed by atoms with Crippen molar-refractivity contribution < 1.29 is 23.1 Å². The van der Waals surface area contributed by atoms with Crippen LogP contribution < -0.4 is 0 Å². The Morgan fingerprint density at radius 3 is 2.40 bits per heavy atom. The molecule has 0 radical (unpaired) electrons. The summed E-state index contributed by atoms with van der Waals surface area (Å²) in [5, 5.41) is 9.63. The Labute approximate surface area is 178 Å². The monoisotopic (exact) mass is 437 g/mol. The molecule has 1 aromatic carbocycles. The third-order valence-corrected chi connectivity index (χ3v) is 7.24. The predicted octanol–water partition coefficient (Wildman–Crippen LogP) is 0.149. The van der Waals surface area contributed by atoms with E-state index in [1.54, 1.807) is 24.0 Å². The quantitative estimate of drug-likeness (QED) is 0.680. The molecule has 2 fully saturated rings. The zero-order chi connectivity index (χ0) is 21.9. The fourth-order valence-electron chi connectivity index (χ4n) is 4.37. The summed E-state index contributed by atoms with van der Waals surface area (Å²) in [6.45, 7) is 4.64. The molecule has 2 aliphatic rings. The van der Waals surface area contributed by atoms with Gasteiger partial charge in [-0.1, -0.05) is 12.1 Å². The topological polar surface area (TPSA) is 98.2 Å². The molecule has 30 heavy (non-hydrogen) atoms. The van der Waals surface area contributed by atoms with Crippen molar-refractivity contribution in [2.75, 3.05) is 45.6 Å². The first kappa shape index (κ1) is 22.7. The van der Waals surface area contributed by atoms with Gasteiger partial charge >= 0.3 is 0 Å². The van der Waals surface area contributed by atoms with E-state index in [-0.39, 0.29) is 41.8 Å². The Hall–Kier alpha value is -1.97. The lowest BCUT2D eigenvalue weighted by atomic mass is 10.1. The van der Waals surface area contributed by atoms with Crippen molar-refractivity contribution in [3.63, 3.8) is 0 Å². The molecule has 2 amide bonds. The van der Waals surface area contributed by atoms with E-state index >= 15 is 0 Å². The maximum Gasteiger partial charge on any atom is 0.227 e. The van der Waals surface area contributed by atoms with Crippen LogP contribution in [0.15, 0.2) is 29.2 Å². The molecule has 0 aliphatic carbocycles. The molecule has 166 valence electrons. The zero-order valence-corrected chi connectivity index (χ0v) is 18.5. The number of carbonyl (C=O) groups excluding carboxylic acids is 2. The maximum absolute atomic E-state index is 13.1. The molecule has 9 heteroatoms. The summed E-state index contributed by atoms with van der Waals surface area (Å²) in [6, 6.07) is 6.39. The number of hydrogen-bond donors (Lipinski definition) is 1. The van der Waals surface area contributed by atoms with Gasteiger partial charge in [0.05, 0.1) is 24.0 Å². The first-order valence-corrected chi connectivity index (χ1v) is 12.3. The van der Waals surface area contributed by atoms with Crippen molar-refractivity contribution in [2.24, 2.45) is 0 Å². The van der Waals surface area contributed by atoms with Gasteiger partial charge < -0.3 is 14.9 Å². The number of likely N-dealkylation sites (tertiary alicyclic amines) is 1. The summed E-state index contributed by atoms with van der Waals surface area (Å²) in [5.74, 6) is -0.0290. The SMILES string of the molecule is CC(=O)N1CCN(C(=O)Cc2ccc(S(C)(=O)=O)cc2)C(CN2CCCC2CO)C1. The summed E-state index contributed by atoms with van der Waals surface area (Å²) >= 11 is 0. The fraction of sp³-hybridized carbons (Fsp3) is 0.619. The van der Waals surface area contributed by atoms with E-state index in [0.717, 1.165) is 31.2 Å². The van der Waals surface area contributed by atoms with E-state index in [4.69, 9.17) is 0 Å². The van der Waals surface area contributed by atoms with E-state index in [1.807, 2.05) is 4.90 Å². The average Bonchev–Trinajstić information content (AvgIpc) is 3.14. The Morgan fingerprint density at radius 1 is 1.10 bits per heavy atom. The summed E-state index contributed by atoms with van der Waals surface area (Å²) in [4.78, 5) is 31.1. The van der Waals surface area contributed by atoms with Gasteiger partial charge in [0.1, 0.15) is 0 Å². The second-order valence-electron chi connectivity index (χ2n) is 8.27. The lowest BCUT2D eigenvalue weighted by Crippen LogP contribution is -2.60. The average molecular weight is 438 g/mol. The Kier molecular flexibility index (Phi) is 7.15. The largest absolute Gasteiger partial charge is 0.395 e. The van der Waals surface area contributed by atoms with E-state index < -0.39 is 9.84 Å². The second-order valence-corrected chi connectivity index (χ2v) is 10.3. The highest BCUT2D eigenvalue weighted by Gasteiger charge is 2.35. The number of aliphatic hydroxyl groups excluding tert-OH is 1. The number of aliphatic hydroxyl groups is 1. The van der Waals surface area contributed by atoms with Crippen LogP contribution in [-0.2, 0) is 25.8 Å². The van der Waals surface area contributed by atoms with Crippen molar-refractivity contribution in [1.29, 1.82) is 0 Å². The van der Waals surface area contributed by atoms with Crippen molar-refractivity contribution in [2.45, 2.75) is 43.2 Å². The third-order valence-electron chi connectivity index (χ3n) is 6.11. The van der Waals surface area contributed by atoms with E-state index in [9.17, 15) is 23.1 Å². The standard InChI is InChI=1S/C21H31N3O5S/c1-16(26)22-10-11-24(19(13-22)14-23-9-3-4-18(23)15-25)21(27)12-17-5-7-20(8-6-17)30(2,28)29/h5-8,18-19,25H,3-4,9-15H2,1-2H3. The molecule has 0 saturated carbocycles. The zero-order valence-electron chi connectivity index (χ0n) is 17.7. The van der Waals surface area contributed by atoms with E-state index in [1.165, 1.54) is 12.1 Å². The summed E-state index contributed by atoms with van der Waals surface area (Å²) in [5.41, 5.74) is 0.759. The van der Waals surface area contributed by atoms with Crippen LogP contribution in [0.5, 0.6) is 0 Å². The number of amides is 2. The van der Waals surface area contributed by atoms with Crippen molar-refractivity contribution in [1.82, 2.24) is 14.7 Å². The van der Waals surface area contributed by atoms with Crippen LogP contribution in [0, 0.1) is 0 Å². The first-order valence-electron chi connectivity index (χ1n) is 10.4. The van der Waals surface area contributed by atoms with Gasteiger partial charge in [0, 0.05) is 45.4 Å². The van der Waals surface area contributed by atoms with Crippen LogP contribution in [0.25, 0.3) is 0 Å². The molecule has 2 atom stereocenters. The van der Waals surface area contributed by atoms with Crippen LogP contribution in [0.3, 0.4) is 0 Å². The molecule has 0 aromatic heterocycles. The summed E-state index contributed by atoms with van der Waals surface area (Å²) < 4.78 is 23.3. The Morgan fingerprint density at radius 2 is 1.80 bits per heavy atom. The molecule has 1 aromatic rings. The van der Waals surface area contributed by atoms with Gasteiger partial charge in [-0.15, -0.1) is 0 Å². The molecule has 1 N–H and O–H groups in total. The third kappa shape index (κ3) is 5.39. The van der Waals surface area contributed by atoms with Crippen molar-refractivity contribution in [3.8, 4) is 0 Å². The van der Waals surface area contributed by atoms with Crippen LogP contribution in [0.4, 0.5) is 0 Å². The molecule has 0 bridgehead atoms. The number of benzene rings is 1. The van der Waals surface area contributed by atoms with Gasteiger partial charge in [0.2, 0.25) is 11.8 Å². The Bertz CT molecular complexity index is 871. The minimum atomic E-state index is -3.27. The van der Waals surface area contributed by atoms with Crippen molar-refractivity contribution >= 4 is 21.7 Å². The highest BCUT2D eigenvalue weighted by molar-refractivity contribution is 7.90. The lowest BCUT2D eigenvalue weighted by molar-refractivity contribution is -0.142. The molecule has 0 spiro atoms. The number of rotatable bonds is 6. The van der Waals surface area contributed by atoms with Crippen LogP contribution in [-0.4, -0.2) is 97.7 Å². The number of sulfone groups is 1. The molecular weight excluding hydrogens is 406 g/mol. The smallest absolute Gasteiger partial charge is 0.227 e. The molecule has 3 rings (SSSR count). The van der Waals surface area contributed by atoms with E-state index in [2.05, 4.69) is 4.90 Å². The minimum absolute atomic E-state index is 0.00333. The van der Waals surface area contributed by atoms with Gasteiger partial charge in [-0.2, -0.15) is 0 Å². The molecule has 8 nitrogen and oxygen atoms in total. The number of carbonyl (C=O) groups is 2. The van der Waals surface area contributed by atoms with Crippen LogP contribution in [0.2, 0.25) is 0 Å². The Balaban J connectivity index is 1.72. The first-order chi connectivity index (χ1) is 14.2. The van der Waals surface area contributed by atoms with Gasteiger partial charge in [-0.3, -0.25) is 14.5 Å². The normalized spacial score (nSPS) is 23.0. The van der Waals surface area contributed by atoms with E-state index in [0.29, 0.717) is 26.2 Å². The van der Waals surface area contributed by atoms with Gasteiger partial charge in [-0.05, 0) is 37.1 Å². The predicted molar refractivity (Wildman–Crippen MR) is 113 cm³/mol. The molecular formula is C21H31N3O5S. The second kappa shape index (κ2) is 9.45. The molecule has 2 aliphatic heterocycles. The molecule has 2 heterocycles. The number of piperazine rings is 1. The van der Waals surface area contributed by atoms with Gasteiger partial charge in [0.15, 0.2) is 9.84 Å². The summed E-state index contributed by atoms with van der Waals surface area (Å²) in [6.07, 6.45) is 3.31. The van der Waals surface area contributed by atoms with Crippen LogP contribution >= 0.6 is 0 Å². The van der Waals surface area contributed by atoms with Gasteiger partial charge in [0.25, 0.3) is 0 Å². The maximum atomic E-state index is 13.1. The molecule has 2 saturated heterocycles. The lowest BCUT2D eigenvalue weighted by Gasteiger charge is -2.43.